The van der Waals surface area contributed by atoms with Gasteiger partial charge in [0.15, 0.2) is 0 Å². The number of anilines is 3. The van der Waals surface area contributed by atoms with Crippen molar-refractivity contribution in [3.63, 3.8) is 0 Å². The summed E-state index contributed by atoms with van der Waals surface area (Å²) in [6.07, 6.45) is 0. The fourth-order valence-electron chi connectivity index (χ4n) is 10.5. The van der Waals surface area contributed by atoms with Gasteiger partial charge in [-0.25, -0.2) is 0 Å². The van der Waals surface area contributed by atoms with E-state index in [1.54, 1.807) is 0 Å². The highest BCUT2D eigenvalue weighted by molar-refractivity contribution is 7.26. The lowest BCUT2D eigenvalue weighted by molar-refractivity contribution is 0.768. The zero-order valence-electron chi connectivity index (χ0n) is 34.8. The molecular weight excluding hydrogens is 811 g/mol. The van der Waals surface area contributed by atoms with Crippen molar-refractivity contribution >= 4 is 80.1 Å². The van der Waals surface area contributed by atoms with Crippen LogP contribution in [0.3, 0.4) is 0 Å². The van der Waals surface area contributed by atoms with Gasteiger partial charge in [-0.1, -0.05) is 164 Å². The Labute approximate surface area is 380 Å². The van der Waals surface area contributed by atoms with E-state index in [1.165, 1.54) is 96.0 Å². The SMILES string of the molecule is c1ccc(C2(c3ccccc3)c3ccccc3-c3cc(N(c4ccc(-c5ccc6sc7ccccc7c6c5)cc4)c4cccc(-c5ccc6sc7ccccc7c6c5)c4)ccc32)cc1. The smallest absolute Gasteiger partial charge is 0.0713 e. The molecule has 64 heavy (non-hydrogen) atoms. The molecule has 0 saturated heterocycles. The number of hydrogen-bond donors (Lipinski definition) is 0. The maximum atomic E-state index is 2.44. The van der Waals surface area contributed by atoms with Gasteiger partial charge in [-0.2, -0.15) is 0 Å². The molecule has 1 aliphatic carbocycles. The topological polar surface area (TPSA) is 3.24 Å². The molecule has 1 aliphatic rings. The monoisotopic (exact) mass is 849 g/mol. The van der Waals surface area contributed by atoms with Crippen LogP contribution in [0, 0.1) is 0 Å². The Bertz CT molecular complexity index is 3690. The maximum absolute atomic E-state index is 2.44. The lowest BCUT2D eigenvalue weighted by Gasteiger charge is -2.34. The molecule has 13 rings (SSSR count). The summed E-state index contributed by atoms with van der Waals surface area (Å²) in [6, 6.07) is 87.9. The van der Waals surface area contributed by atoms with Crippen LogP contribution in [-0.2, 0) is 5.41 Å². The fraction of sp³-hybridized carbons (Fsp3) is 0.0164. The van der Waals surface area contributed by atoms with Crippen molar-refractivity contribution in [2.24, 2.45) is 0 Å². The summed E-state index contributed by atoms with van der Waals surface area (Å²) in [5, 5.41) is 5.26. The van der Waals surface area contributed by atoms with Gasteiger partial charge in [0.25, 0.3) is 0 Å². The molecule has 0 radical (unpaired) electrons. The van der Waals surface area contributed by atoms with Crippen LogP contribution in [0.1, 0.15) is 22.3 Å². The van der Waals surface area contributed by atoms with Crippen molar-refractivity contribution in [1.82, 2.24) is 0 Å². The standard InChI is InChI=1S/C61H39NS2/c1-3-15-44(16-4-1)61(45-17-5-2-6-18-45)55-23-10-7-20-49(55)52-39-48(32-33-56(52)61)62(46-30-26-40(27-31-46)42-28-34-59-53(37-42)50-21-8-11-24-57(50)63-59)47-19-13-14-41(36-47)43-29-35-60-54(38-43)51-22-9-12-25-58(51)64-60/h1-39H. The molecule has 0 bridgehead atoms. The average Bonchev–Trinajstić information content (AvgIpc) is 4.03. The number of rotatable bonds is 7. The summed E-state index contributed by atoms with van der Waals surface area (Å²) in [5.74, 6) is 0. The van der Waals surface area contributed by atoms with Crippen LogP contribution in [0.25, 0.3) is 73.7 Å². The van der Waals surface area contributed by atoms with E-state index in [4.69, 9.17) is 0 Å². The van der Waals surface area contributed by atoms with Crippen LogP contribution in [0.2, 0.25) is 0 Å². The second kappa shape index (κ2) is 14.8. The summed E-state index contributed by atoms with van der Waals surface area (Å²) >= 11 is 3.73. The predicted octanol–water partition coefficient (Wildman–Crippen LogP) is 17.6. The van der Waals surface area contributed by atoms with Gasteiger partial charge in [-0.3, -0.25) is 0 Å². The fourth-order valence-corrected chi connectivity index (χ4v) is 12.6. The Kier molecular flexibility index (Phi) is 8.55. The first-order valence-electron chi connectivity index (χ1n) is 21.9. The second-order valence-electron chi connectivity index (χ2n) is 16.8. The van der Waals surface area contributed by atoms with Crippen molar-refractivity contribution in [2.45, 2.75) is 5.41 Å². The Morgan fingerprint density at radius 2 is 0.766 bits per heavy atom. The van der Waals surface area contributed by atoms with Crippen molar-refractivity contribution < 1.29 is 0 Å². The summed E-state index contributed by atoms with van der Waals surface area (Å²) in [6.45, 7) is 0. The van der Waals surface area contributed by atoms with E-state index in [9.17, 15) is 0 Å². The van der Waals surface area contributed by atoms with Gasteiger partial charge < -0.3 is 4.90 Å². The van der Waals surface area contributed by atoms with Gasteiger partial charge in [0.05, 0.1) is 5.41 Å². The number of benzene rings is 10. The molecule has 1 nitrogen and oxygen atoms in total. The Morgan fingerprint density at radius 1 is 0.281 bits per heavy atom. The highest BCUT2D eigenvalue weighted by Gasteiger charge is 2.46. The largest absolute Gasteiger partial charge is 0.310 e. The zero-order chi connectivity index (χ0) is 42.2. The summed E-state index contributed by atoms with van der Waals surface area (Å²) < 4.78 is 5.28. The van der Waals surface area contributed by atoms with Crippen LogP contribution in [-0.4, -0.2) is 0 Å². The molecule has 2 heterocycles. The van der Waals surface area contributed by atoms with Crippen LogP contribution >= 0.6 is 22.7 Å². The summed E-state index contributed by atoms with van der Waals surface area (Å²) in [5.41, 5.74) is 15.3. The summed E-state index contributed by atoms with van der Waals surface area (Å²) in [7, 11) is 0. The van der Waals surface area contributed by atoms with Crippen LogP contribution in [0.5, 0.6) is 0 Å². The number of nitrogens with zero attached hydrogens (tertiary/aromatic N) is 1. The molecule has 0 atom stereocenters. The van der Waals surface area contributed by atoms with E-state index in [0.717, 1.165) is 17.1 Å². The average molecular weight is 850 g/mol. The van der Waals surface area contributed by atoms with E-state index >= 15 is 0 Å². The normalized spacial score (nSPS) is 12.8. The highest BCUT2D eigenvalue weighted by atomic mass is 32.1. The van der Waals surface area contributed by atoms with Gasteiger partial charge in [-0.15, -0.1) is 22.7 Å². The van der Waals surface area contributed by atoms with E-state index in [0.29, 0.717) is 0 Å². The predicted molar refractivity (Wildman–Crippen MR) is 275 cm³/mol. The maximum Gasteiger partial charge on any atom is 0.0713 e. The molecule has 2 aromatic heterocycles. The van der Waals surface area contributed by atoms with Crippen molar-refractivity contribution in [3.8, 4) is 33.4 Å². The quantitative estimate of drug-likeness (QED) is 0.154. The first-order valence-corrected chi connectivity index (χ1v) is 23.5. The number of fused-ring (bicyclic) bond motifs is 9. The third-order valence-electron chi connectivity index (χ3n) is 13.4. The van der Waals surface area contributed by atoms with E-state index < -0.39 is 5.41 Å². The lowest BCUT2D eigenvalue weighted by atomic mass is 9.68. The van der Waals surface area contributed by atoms with Gasteiger partial charge in [-0.05, 0) is 128 Å². The van der Waals surface area contributed by atoms with E-state index in [-0.39, 0.29) is 0 Å². The minimum Gasteiger partial charge on any atom is -0.310 e. The Hall–Kier alpha value is -7.56. The molecule has 0 fully saturated rings. The van der Waals surface area contributed by atoms with Gasteiger partial charge in [0.1, 0.15) is 0 Å². The Balaban J connectivity index is 0.984. The molecule has 0 unspecified atom stereocenters. The molecular formula is C61H39NS2. The molecule has 3 heteroatoms. The van der Waals surface area contributed by atoms with Gasteiger partial charge in [0.2, 0.25) is 0 Å². The summed E-state index contributed by atoms with van der Waals surface area (Å²) in [4.78, 5) is 2.44. The van der Waals surface area contributed by atoms with Crippen LogP contribution in [0.4, 0.5) is 17.1 Å². The first-order chi connectivity index (χ1) is 31.7. The van der Waals surface area contributed by atoms with E-state index in [2.05, 4.69) is 241 Å². The third-order valence-corrected chi connectivity index (χ3v) is 15.7. The number of thiophene rings is 2. The lowest BCUT2D eigenvalue weighted by Crippen LogP contribution is -2.28. The van der Waals surface area contributed by atoms with E-state index in [1.807, 2.05) is 22.7 Å². The third kappa shape index (κ3) is 5.75. The molecule has 0 aliphatic heterocycles. The van der Waals surface area contributed by atoms with Crippen molar-refractivity contribution in [1.29, 1.82) is 0 Å². The molecule has 0 N–H and O–H groups in total. The molecule has 0 spiro atoms. The molecule has 0 saturated carbocycles. The minimum atomic E-state index is -0.460. The number of hydrogen-bond acceptors (Lipinski definition) is 3. The molecule has 0 amide bonds. The van der Waals surface area contributed by atoms with Crippen molar-refractivity contribution in [3.05, 3.63) is 259 Å². The zero-order valence-corrected chi connectivity index (χ0v) is 36.4. The Morgan fingerprint density at radius 3 is 1.42 bits per heavy atom. The highest BCUT2D eigenvalue weighted by Crippen LogP contribution is 2.57. The molecule has 300 valence electrons. The molecule has 12 aromatic rings. The first kappa shape index (κ1) is 37.0. The molecule has 10 aromatic carbocycles. The van der Waals surface area contributed by atoms with Crippen LogP contribution < -0.4 is 4.90 Å². The van der Waals surface area contributed by atoms with Crippen LogP contribution in [0.15, 0.2) is 237 Å². The second-order valence-corrected chi connectivity index (χ2v) is 19.0. The minimum absolute atomic E-state index is 0.460. The van der Waals surface area contributed by atoms with Gasteiger partial charge >= 0.3 is 0 Å². The van der Waals surface area contributed by atoms with Gasteiger partial charge in [0, 0.05) is 57.4 Å². The van der Waals surface area contributed by atoms with Crippen molar-refractivity contribution in [2.75, 3.05) is 4.90 Å².